The Labute approximate surface area is 77.4 Å². The van der Waals surface area contributed by atoms with E-state index in [1.165, 1.54) is 10.9 Å². The molecule has 0 saturated carbocycles. The number of nitrogens with two attached hydrogens (primary N) is 1. The summed E-state index contributed by atoms with van der Waals surface area (Å²) in [4.78, 5) is 4.22. The number of anilines is 1. The van der Waals surface area contributed by atoms with Crippen molar-refractivity contribution >= 4 is 16.5 Å². The zero-order valence-corrected chi connectivity index (χ0v) is 7.83. The molecule has 13 heavy (non-hydrogen) atoms. The van der Waals surface area contributed by atoms with Gasteiger partial charge in [-0.25, -0.2) is 0 Å². The van der Waals surface area contributed by atoms with Gasteiger partial charge in [-0.05, 0) is 36.9 Å². The number of fused-ring (bicyclic) bond motifs is 1. The molecule has 0 radical (unpaired) electrons. The van der Waals surface area contributed by atoms with Gasteiger partial charge in [0.15, 0.2) is 0 Å². The Morgan fingerprint density at radius 1 is 1.15 bits per heavy atom. The van der Waals surface area contributed by atoms with Gasteiger partial charge in [-0.3, -0.25) is 4.98 Å². The minimum Gasteiger partial charge on any atom is -0.398 e. The summed E-state index contributed by atoms with van der Waals surface area (Å²) in [5.41, 5.74) is 8.89. The standard InChI is InChI=1S/C11H12N2/c1-7-3-9-5-8(2)13-6-10(9)11(12)4-7/h3-6H,12H2,1-2H3. The van der Waals surface area contributed by atoms with E-state index in [0.29, 0.717) is 0 Å². The highest BCUT2D eigenvalue weighted by Gasteiger charge is 1.99. The minimum atomic E-state index is 0.808. The summed E-state index contributed by atoms with van der Waals surface area (Å²) in [6.07, 6.45) is 1.83. The molecule has 0 spiro atoms. The smallest absolute Gasteiger partial charge is 0.0412 e. The molecule has 1 aromatic carbocycles. The number of nitrogen functional groups attached to an aromatic ring is 1. The fourth-order valence-electron chi connectivity index (χ4n) is 1.55. The minimum absolute atomic E-state index is 0.808. The zero-order valence-electron chi connectivity index (χ0n) is 7.83. The van der Waals surface area contributed by atoms with Gasteiger partial charge in [-0.15, -0.1) is 0 Å². The number of aromatic nitrogens is 1. The van der Waals surface area contributed by atoms with Crippen molar-refractivity contribution in [1.82, 2.24) is 4.98 Å². The van der Waals surface area contributed by atoms with Crippen LogP contribution in [0.1, 0.15) is 11.3 Å². The van der Waals surface area contributed by atoms with Crippen molar-refractivity contribution < 1.29 is 0 Å². The normalized spacial score (nSPS) is 10.6. The van der Waals surface area contributed by atoms with Gasteiger partial charge in [0.05, 0.1) is 0 Å². The first-order chi connectivity index (χ1) is 6.16. The van der Waals surface area contributed by atoms with Crippen molar-refractivity contribution in [1.29, 1.82) is 0 Å². The first kappa shape index (κ1) is 8.05. The molecule has 2 nitrogen and oxygen atoms in total. The van der Waals surface area contributed by atoms with Crippen molar-refractivity contribution in [2.24, 2.45) is 0 Å². The molecule has 1 aromatic heterocycles. The predicted octanol–water partition coefficient (Wildman–Crippen LogP) is 2.43. The number of aryl methyl sites for hydroxylation is 2. The van der Waals surface area contributed by atoms with Crippen LogP contribution >= 0.6 is 0 Å². The molecule has 1 heterocycles. The summed E-state index contributed by atoms with van der Waals surface area (Å²) in [5.74, 6) is 0. The van der Waals surface area contributed by atoms with Crippen LogP contribution in [0.2, 0.25) is 0 Å². The predicted molar refractivity (Wildman–Crippen MR) is 55.6 cm³/mol. The number of nitrogens with zero attached hydrogens (tertiary/aromatic N) is 1. The van der Waals surface area contributed by atoms with E-state index in [1.54, 1.807) is 0 Å². The summed E-state index contributed by atoms with van der Waals surface area (Å²) in [6, 6.07) is 6.15. The molecule has 0 atom stereocenters. The molecule has 0 saturated heterocycles. The number of hydrogen-bond acceptors (Lipinski definition) is 2. The van der Waals surface area contributed by atoms with E-state index < -0.39 is 0 Å². The Hall–Kier alpha value is -1.57. The summed E-state index contributed by atoms with van der Waals surface area (Å²) in [6.45, 7) is 4.03. The van der Waals surface area contributed by atoms with E-state index in [0.717, 1.165) is 16.8 Å². The van der Waals surface area contributed by atoms with Crippen LogP contribution in [0.25, 0.3) is 10.8 Å². The Morgan fingerprint density at radius 3 is 2.69 bits per heavy atom. The monoisotopic (exact) mass is 172 g/mol. The lowest BCUT2D eigenvalue weighted by Gasteiger charge is -2.03. The van der Waals surface area contributed by atoms with Crippen LogP contribution in [-0.4, -0.2) is 4.98 Å². The van der Waals surface area contributed by atoms with Crippen molar-refractivity contribution in [2.75, 3.05) is 5.73 Å². The molecule has 2 heteroatoms. The summed E-state index contributed by atoms with van der Waals surface area (Å²) < 4.78 is 0. The second-order valence-electron chi connectivity index (χ2n) is 3.40. The van der Waals surface area contributed by atoms with Gasteiger partial charge < -0.3 is 5.73 Å². The van der Waals surface area contributed by atoms with Crippen LogP contribution in [0.4, 0.5) is 5.69 Å². The third-order valence-corrected chi connectivity index (χ3v) is 2.15. The fraction of sp³-hybridized carbons (Fsp3) is 0.182. The number of hydrogen-bond donors (Lipinski definition) is 1. The van der Waals surface area contributed by atoms with E-state index >= 15 is 0 Å². The lowest BCUT2D eigenvalue weighted by molar-refractivity contribution is 1.22. The highest BCUT2D eigenvalue weighted by Crippen LogP contribution is 2.22. The quantitative estimate of drug-likeness (QED) is 0.620. The Bertz CT molecular complexity index is 456. The van der Waals surface area contributed by atoms with Crippen LogP contribution in [0.15, 0.2) is 24.4 Å². The van der Waals surface area contributed by atoms with Gasteiger partial charge in [0.2, 0.25) is 0 Å². The Kier molecular flexibility index (Phi) is 1.69. The summed E-state index contributed by atoms with van der Waals surface area (Å²) in [5, 5.41) is 2.21. The number of benzene rings is 1. The molecular formula is C11H12N2. The van der Waals surface area contributed by atoms with E-state index in [9.17, 15) is 0 Å². The first-order valence-electron chi connectivity index (χ1n) is 4.29. The van der Waals surface area contributed by atoms with Crippen molar-refractivity contribution in [2.45, 2.75) is 13.8 Å². The van der Waals surface area contributed by atoms with Gasteiger partial charge in [-0.1, -0.05) is 6.07 Å². The molecule has 0 bridgehead atoms. The van der Waals surface area contributed by atoms with Crippen LogP contribution < -0.4 is 5.73 Å². The third kappa shape index (κ3) is 1.35. The molecule has 0 fully saturated rings. The SMILES string of the molecule is Cc1cc(N)c2cnc(C)cc2c1. The highest BCUT2D eigenvalue weighted by molar-refractivity contribution is 5.92. The van der Waals surface area contributed by atoms with Gasteiger partial charge in [0, 0.05) is 23.0 Å². The van der Waals surface area contributed by atoms with Gasteiger partial charge in [-0.2, -0.15) is 0 Å². The van der Waals surface area contributed by atoms with E-state index in [-0.39, 0.29) is 0 Å². The van der Waals surface area contributed by atoms with E-state index in [2.05, 4.69) is 17.1 Å². The lowest BCUT2D eigenvalue weighted by Crippen LogP contribution is -1.90. The summed E-state index contributed by atoms with van der Waals surface area (Å²) >= 11 is 0. The summed E-state index contributed by atoms with van der Waals surface area (Å²) in [7, 11) is 0. The molecule has 0 aliphatic rings. The Balaban J connectivity index is 2.86. The maximum atomic E-state index is 5.87. The van der Waals surface area contributed by atoms with Crippen LogP contribution in [0.3, 0.4) is 0 Å². The molecule has 0 aliphatic heterocycles. The molecule has 0 unspecified atom stereocenters. The maximum Gasteiger partial charge on any atom is 0.0412 e. The van der Waals surface area contributed by atoms with Gasteiger partial charge in [0.1, 0.15) is 0 Å². The molecule has 0 aliphatic carbocycles. The van der Waals surface area contributed by atoms with Crippen LogP contribution in [0, 0.1) is 13.8 Å². The lowest BCUT2D eigenvalue weighted by atomic mass is 10.1. The molecular weight excluding hydrogens is 160 g/mol. The van der Waals surface area contributed by atoms with E-state index in [4.69, 9.17) is 5.73 Å². The van der Waals surface area contributed by atoms with Gasteiger partial charge >= 0.3 is 0 Å². The van der Waals surface area contributed by atoms with Crippen molar-refractivity contribution in [3.8, 4) is 0 Å². The second-order valence-corrected chi connectivity index (χ2v) is 3.40. The first-order valence-corrected chi connectivity index (χ1v) is 4.29. The van der Waals surface area contributed by atoms with Crippen LogP contribution in [-0.2, 0) is 0 Å². The molecule has 2 rings (SSSR count). The molecule has 2 N–H and O–H groups in total. The second kappa shape index (κ2) is 2.73. The van der Waals surface area contributed by atoms with Gasteiger partial charge in [0.25, 0.3) is 0 Å². The molecule has 66 valence electrons. The average Bonchev–Trinajstić information content (AvgIpc) is 2.02. The highest BCUT2D eigenvalue weighted by atomic mass is 14.7. The maximum absolute atomic E-state index is 5.87. The molecule has 2 aromatic rings. The Morgan fingerprint density at radius 2 is 1.92 bits per heavy atom. The van der Waals surface area contributed by atoms with E-state index in [1.807, 2.05) is 26.1 Å². The van der Waals surface area contributed by atoms with Crippen molar-refractivity contribution in [3.63, 3.8) is 0 Å². The number of rotatable bonds is 0. The largest absolute Gasteiger partial charge is 0.398 e. The number of pyridine rings is 1. The third-order valence-electron chi connectivity index (χ3n) is 2.15. The van der Waals surface area contributed by atoms with Crippen molar-refractivity contribution in [3.05, 3.63) is 35.7 Å². The topological polar surface area (TPSA) is 38.9 Å². The molecule has 0 amide bonds. The average molecular weight is 172 g/mol. The fourth-order valence-corrected chi connectivity index (χ4v) is 1.55. The zero-order chi connectivity index (χ0) is 9.42. The van der Waals surface area contributed by atoms with Crippen LogP contribution in [0.5, 0.6) is 0 Å².